The minimum atomic E-state index is -1.52. The van der Waals surface area contributed by atoms with Crippen LogP contribution in [0.25, 0.3) is 0 Å². The van der Waals surface area contributed by atoms with Crippen molar-refractivity contribution in [2.45, 2.75) is 45.9 Å². The number of rotatable bonds is 8. The number of aliphatic imine (C=N–C) groups is 1. The molecule has 1 atom stereocenters. The van der Waals surface area contributed by atoms with Crippen LogP contribution in [-0.2, 0) is 16.1 Å². The highest BCUT2D eigenvalue weighted by Crippen LogP contribution is 2.32. The lowest BCUT2D eigenvalue weighted by Gasteiger charge is -2.36. The molecule has 0 saturated heterocycles. The number of amides is 1. The van der Waals surface area contributed by atoms with Crippen molar-refractivity contribution in [3.63, 3.8) is 0 Å². The number of likely N-dealkylation sites (N-methyl/N-ethyl adjacent to an activating group) is 1. The summed E-state index contributed by atoms with van der Waals surface area (Å²) in [6.07, 6.45) is 2.75. The van der Waals surface area contributed by atoms with Crippen molar-refractivity contribution < 1.29 is 22.7 Å². The topological polar surface area (TPSA) is 118 Å². The number of hydrogen-bond acceptors (Lipinski definition) is 8. The molecule has 0 bridgehead atoms. The number of hydrogen-bond donors (Lipinski definition) is 3. The number of anilines is 3. The third-order valence-corrected chi connectivity index (χ3v) is 5.34. The average Bonchev–Trinajstić information content (AvgIpc) is 2.79. The zero-order chi connectivity index (χ0) is 26.6. The monoisotopic (exact) mass is 505 g/mol. The molecule has 36 heavy (non-hydrogen) atoms. The van der Waals surface area contributed by atoms with Gasteiger partial charge in [0.2, 0.25) is 11.9 Å². The molecule has 1 aliphatic rings. The highest BCUT2D eigenvalue weighted by molar-refractivity contribution is 6.03. The first-order valence-corrected chi connectivity index (χ1v) is 11.2. The van der Waals surface area contributed by atoms with Crippen molar-refractivity contribution in [2.24, 2.45) is 10.7 Å². The van der Waals surface area contributed by atoms with Crippen molar-refractivity contribution in [3.8, 4) is 0 Å². The van der Waals surface area contributed by atoms with E-state index in [-0.39, 0.29) is 31.2 Å². The van der Waals surface area contributed by atoms with Gasteiger partial charge in [-0.05, 0) is 45.4 Å². The molecule has 1 aromatic carbocycles. The predicted molar refractivity (Wildman–Crippen MR) is 133 cm³/mol. The number of nitrogens with one attached hydrogen (secondary N) is 2. The lowest BCUT2D eigenvalue weighted by molar-refractivity contribution is -0.120. The van der Waals surface area contributed by atoms with Gasteiger partial charge in [0.25, 0.3) is 0 Å². The molecule has 1 amide bonds. The van der Waals surface area contributed by atoms with Gasteiger partial charge >= 0.3 is 0 Å². The van der Waals surface area contributed by atoms with Crippen LogP contribution >= 0.6 is 0 Å². The molecular weight excluding hydrogens is 475 g/mol. The Morgan fingerprint density at radius 2 is 1.94 bits per heavy atom. The van der Waals surface area contributed by atoms with E-state index in [1.54, 1.807) is 18.9 Å². The first-order chi connectivity index (χ1) is 16.9. The molecule has 12 heteroatoms. The molecule has 194 valence electrons. The van der Waals surface area contributed by atoms with Gasteiger partial charge in [-0.25, -0.2) is 18.2 Å². The van der Waals surface area contributed by atoms with Gasteiger partial charge in [-0.2, -0.15) is 4.98 Å². The van der Waals surface area contributed by atoms with Gasteiger partial charge in [-0.15, -0.1) is 0 Å². The van der Waals surface area contributed by atoms with Crippen LogP contribution in [0.1, 0.15) is 32.0 Å². The highest BCUT2D eigenvalue weighted by atomic mass is 19.2. The van der Waals surface area contributed by atoms with E-state index in [2.05, 4.69) is 25.6 Å². The molecule has 1 aliphatic heterocycles. The molecule has 2 heterocycles. The minimum absolute atomic E-state index is 0.0670. The van der Waals surface area contributed by atoms with Gasteiger partial charge < -0.3 is 26.0 Å². The number of carbonyl (C=O) groups is 1. The Morgan fingerprint density at radius 1 is 1.28 bits per heavy atom. The lowest BCUT2D eigenvalue weighted by Crippen LogP contribution is -2.50. The molecule has 0 saturated carbocycles. The number of aromatic nitrogens is 2. The van der Waals surface area contributed by atoms with E-state index < -0.39 is 29.1 Å². The normalized spacial score (nSPS) is 16.3. The van der Waals surface area contributed by atoms with Gasteiger partial charge in [0, 0.05) is 31.6 Å². The first-order valence-electron chi connectivity index (χ1n) is 11.2. The standard InChI is InChI=1S/C24H30F3N7O2/c1-13-20-21(34(5)18(22(35)32-20)12-36-24(2,3)4)33-23(31-13)30-11-15(8-28)10-29-9-14-6-16(25)19(27)17(26)7-14/h6-8,10,18H,9,11-12,28H2,1-5H3,(H,32,35)(H,30,31,33)/t18-/m0/s1. The van der Waals surface area contributed by atoms with Gasteiger partial charge in [0.15, 0.2) is 23.3 Å². The zero-order valence-corrected chi connectivity index (χ0v) is 20.8. The number of halogens is 3. The maximum absolute atomic E-state index is 13.4. The maximum Gasteiger partial charge on any atom is 0.249 e. The van der Waals surface area contributed by atoms with Crippen LogP contribution < -0.4 is 21.3 Å². The summed E-state index contributed by atoms with van der Waals surface area (Å²) in [5.41, 5.74) is 7.10. The molecule has 0 unspecified atom stereocenters. The van der Waals surface area contributed by atoms with Gasteiger partial charge in [0.1, 0.15) is 11.7 Å². The van der Waals surface area contributed by atoms with Crippen LogP contribution in [0.3, 0.4) is 0 Å². The average molecular weight is 506 g/mol. The van der Waals surface area contributed by atoms with Crippen LogP contribution in [-0.4, -0.2) is 53.9 Å². The molecule has 0 spiro atoms. The number of carbonyl (C=O) groups excluding carboxylic acids is 1. The summed E-state index contributed by atoms with van der Waals surface area (Å²) in [6.45, 7) is 7.83. The second kappa shape index (κ2) is 10.9. The van der Waals surface area contributed by atoms with Crippen molar-refractivity contribution >= 4 is 29.6 Å². The molecule has 0 aliphatic carbocycles. The molecule has 2 aromatic rings. The second-order valence-corrected chi connectivity index (χ2v) is 9.31. The SMILES string of the molecule is Cc1nc(NCC(C=NCc2cc(F)c(F)c(F)c2)=CN)nc2c1NC(=O)[C@H](COC(C)(C)C)N2C. The van der Waals surface area contributed by atoms with Crippen LogP contribution in [0, 0.1) is 24.4 Å². The number of nitrogens with two attached hydrogens (primary N) is 1. The van der Waals surface area contributed by atoms with Crippen molar-refractivity contribution in [1.82, 2.24) is 9.97 Å². The summed E-state index contributed by atoms with van der Waals surface area (Å²) in [6, 6.07) is 1.21. The molecule has 3 rings (SSSR count). The van der Waals surface area contributed by atoms with E-state index in [0.717, 1.165) is 12.1 Å². The molecular formula is C24H30F3N7O2. The minimum Gasteiger partial charge on any atom is -0.404 e. The Labute approximate surface area is 207 Å². The summed E-state index contributed by atoms with van der Waals surface area (Å²) in [5, 5.41) is 5.92. The Kier molecular flexibility index (Phi) is 8.18. The third-order valence-electron chi connectivity index (χ3n) is 5.34. The van der Waals surface area contributed by atoms with E-state index in [0.29, 0.717) is 28.7 Å². The van der Waals surface area contributed by atoms with E-state index >= 15 is 0 Å². The molecule has 1 aromatic heterocycles. The predicted octanol–water partition coefficient (Wildman–Crippen LogP) is 3.30. The largest absolute Gasteiger partial charge is 0.404 e. The number of nitrogens with zero attached hydrogens (tertiary/aromatic N) is 4. The molecule has 0 radical (unpaired) electrons. The maximum atomic E-state index is 13.4. The van der Waals surface area contributed by atoms with Gasteiger partial charge in [-0.1, -0.05) is 0 Å². The number of benzene rings is 1. The van der Waals surface area contributed by atoms with Crippen molar-refractivity contribution in [3.05, 3.63) is 52.6 Å². The summed E-state index contributed by atoms with van der Waals surface area (Å²) in [7, 11) is 1.77. The van der Waals surface area contributed by atoms with Crippen molar-refractivity contribution in [1.29, 1.82) is 0 Å². The van der Waals surface area contributed by atoms with E-state index in [9.17, 15) is 18.0 Å². The molecule has 0 fully saturated rings. The fraction of sp³-hybridized carbons (Fsp3) is 0.417. The fourth-order valence-corrected chi connectivity index (χ4v) is 3.38. The summed E-state index contributed by atoms with van der Waals surface area (Å²) < 4.78 is 45.6. The second-order valence-electron chi connectivity index (χ2n) is 9.31. The quantitative estimate of drug-likeness (QED) is 0.372. The van der Waals surface area contributed by atoms with Crippen molar-refractivity contribution in [2.75, 3.05) is 35.7 Å². The number of ether oxygens (including phenoxy) is 1. The lowest BCUT2D eigenvalue weighted by atomic mass is 10.1. The zero-order valence-electron chi connectivity index (χ0n) is 20.8. The van der Waals surface area contributed by atoms with Gasteiger partial charge in [-0.3, -0.25) is 9.79 Å². The van der Waals surface area contributed by atoms with Crippen LogP contribution in [0.15, 0.2) is 28.9 Å². The van der Waals surface area contributed by atoms with E-state index in [4.69, 9.17) is 10.5 Å². The first kappa shape index (κ1) is 26.9. The van der Waals surface area contributed by atoms with E-state index in [1.807, 2.05) is 20.8 Å². The van der Waals surface area contributed by atoms with Crippen LogP contribution in [0.2, 0.25) is 0 Å². The van der Waals surface area contributed by atoms with E-state index in [1.165, 1.54) is 12.4 Å². The van der Waals surface area contributed by atoms with Gasteiger partial charge in [0.05, 0.1) is 24.4 Å². The Hall–Kier alpha value is -3.67. The fourth-order valence-electron chi connectivity index (χ4n) is 3.38. The Balaban J connectivity index is 1.68. The molecule has 4 N–H and O–H groups in total. The third kappa shape index (κ3) is 6.51. The Bertz CT molecular complexity index is 1170. The van der Waals surface area contributed by atoms with Crippen LogP contribution in [0.5, 0.6) is 0 Å². The molecule has 9 nitrogen and oxygen atoms in total. The Morgan fingerprint density at radius 3 is 2.56 bits per heavy atom. The number of aryl methyl sites for hydroxylation is 1. The highest BCUT2D eigenvalue weighted by Gasteiger charge is 2.34. The van der Waals surface area contributed by atoms with Crippen LogP contribution in [0.4, 0.5) is 30.6 Å². The summed E-state index contributed by atoms with van der Waals surface area (Å²) >= 11 is 0. The summed E-state index contributed by atoms with van der Waals surface area (Å²) in [4.78, 5) is 27.4. The smallest absolute Gasteiger partial charge is 0.249 e. The summed E-state index contributed by atoms with van der Waals surface area (Å²) in [5.74, 6) is -3.42. The number of fused-ring (bicyclic) bond motifs is 1.